The predicted molar refractivity (Wildman–Crippen MR) is 120 cm³/mol. The molecule has 4 aromatic rings. The summed E-state index contributed by atoms with van der Waals surface area (Å²) >= 11 is 0. The van der Waals surface area contributed by atoms with Crippen molar-refractivity contribution in [1.29, 1.82) is 0 Å². The summed E-state index contributed by atoms with van der Waals surface area (Å²) in [6.07, 6.45) is 7.55. The molecule has 0 amide bonds. The molecule has 0 bridgehead atoms. The van der Waals surface area contributed by atoms with Crippen LogP contribution in [0.15, 0.2) is 67.0 Å². The van der Waals surface area contributed by atoms with Crippen LogP contribution in [0.1, 0.15) is 17.8 Å². The normalized spacial score (nSPS) is 16.3. The molecule has 1 aromatic carbocycles. The molecule has 0 aliphatic carbocycles. The number of H-pyrrole nitrogens is 1. The van der Waals surface area contributed by atoms with Crippen molar-refractivity contribution in [2.24, 2.45) is 0 Å². The Balaban J connectivity index is 1.48. The summed E-state index contributed by atoms with van der Waals surface area (Å²) in [7, 11) is 1.60. The van der Waals surface area contributed by atoms with Gasteiger partial charge in [0.05, 0.1) is 7.11 Å². The number of hydrogen-bond acceptors (Lipinski definition) is 4. The van der Waals surface area contributed by atoms with Crippen LogP contribution < -0.4 is 10.1 Å². The van der Waals surface area contributed by atoms with Gasteiger partial charge in [0.1, 0.15) is 17.2 Å². The summed E-state index contributed by atoms with van der Waals surface area (Å²) in [5.74, 6) is 0.336. The zero-order chi connectivity index (χ0) is 21.2. The predicted octanol–water partition coefficient (Wildman–Crippen LogP) is 4.76. The Morgan fingerprint density at radius 1 is 1.06 bits per heavy atom. The first-order valence-electron chi connectivity index (χ1n) is 10.4. The number of aromatic amines is 1. The van der Waals surface area contributed by atoms with Crippen molar-refractivity contribution < 1.29 is 9.13 Å². The van der Waals surface area contributed by atoms with E-state index in [1.807, 2.05) is 24.4 Å². The third kappa shape index (κ3) is 3.94. The molecule has 5 rings (SSSR count). The first-order valence-corrected chi connectivity index (χ1v) is 10.4. The van der Waals surface area contributed by atoms with Crippen LogP contribution >= 0.6 is 0 Å². The number of benzene rings is 1. The third-order valence-corrected chi connectivity index (χ3v) is 5.73. The van der Waals surface area contributed by atoms with Crippen LogP contribution in [0.5, 0.6) is 5.75 Å². The Labute approximate surface area is 180 Å². The second-order valence-corrected chi connectivity index (χ2v) is 7.71. The number of pyridine rings is 2. The summed E-state index contributed by atoms with van der Waals surface area (Å²) in [5.41, 5.74) is 5.75. The molecule has 1 unspecified atom stereocenters. The zero-order valence-corrected chi connectivity index (χ0v) is 17.2. The Morgan fingerprint density at radius 3 is 2.84 bits per heavy atom. The van der Waals surface area contributed by atoms with Crippen LogP contribution in [-0.2, 0) is 6.42 Å². The van der Waals surface area contributed by atoms with Crippen molar-refractivity contribution in [3.05, 3.63) is 84.2 Å². The number of ether oxygens (including phenoxy) is 1. The maximum atomic E-state index is 14.0. The molecular weight excluding hydrogens is 391 g/mol. The van der Waals surface area contributed by atoms with Gasteiger partial charge in [-0.05, 0) is 60.0 Å². The summed E-state index contributed by atoms with van der Waals surface area (Å²) in [6.45, 7) is 0.806. The Hall–Kier alpha value is -3.51. The lowest BCUT2D eigenvalue weighted by atomic mass is 9.95. The molecule has 31 heavy (non-hydrogen) atoms. The summed E-state index contributed by atoms with van der Waals surface area (Å²) < 4.78 is 19.5. The van der Waals surface area contributed by atoms with Crippen LogP contribution in [-0.4, -0.2) is 34.6 Å². The van der Waals surface area contributed by atoms with E-state index in [0.29, 0.717) is 17.4 Å². The topological polar surface area (TPSA) is 62.8 Å². The van der Waals surface area contributed by atoms with E-state index in [4.69, 9.17) is 4.74 Å². The highest BCUT2D eigenvalue weighted by Crippen LogP contribution is 2.36. The smallest absolute Gasteiger partial charge is 0.138 e. The number of hydrogen-bond donors (Lipinski definition) is 2. The number of fused-ring (bicyclic) bond motifs is 1. The van der Waals surface area contributed by atoms with Gasteiger partial charge in [-0.15, -0.1) is 0 Å². The fourth-order valence-electron chi connectivity index (χ4n) is 4.23. The molecule has 0 radical (unpaired) electrons. The van der Waals surface area contributed by atoms with Crippen LogP contribution in [0.2, 0.25) is 0 Å². The molecule has 1 aliphatic heterocycles. The number of aromatic nitrogens is 3. The summed E-state index contributed by atoms with van der Waals surface area (Å²) in [6, 6.07) is 14.9. The number of rotatable bonds is 5. The van der Waals surface area contributed by atoms with E-state index in [0.717, 1.165) is 47.4 Å². The van der Waals surface area contributed by atoms with Gasteiger partial charge >= 0.3 is 0 Å². The van der Waals surface area contributed by atoms with Crippen LogP contribution in [0.25, 0.3) is 27.7 Å². The molecule has 0 spiro atoms. The van der Waals surface area contributed by atoms with E-state index in [9.17, 15) is 4.39 Å². The molecule has 4 heterocycles. The molecule has 1 aliphatic rings. The van der Waals surface area contributed by atoms with E-state index in [-0.39, 0.29) is 5.82 Å². The Kier molecular flexibility index (Phi) is 5.22. The maximum Gasteiger partial charge on any atom is 0.138 e. The van der Waals surface area contributed by atoms with E-state index in [1.54, 1.807) is 19.4 Å². The molecule has 156 valence electrons. The highest BCUT2D eigenvalue weighted by Gasteiger charge is 2.20. The number of methoxy groups -OCH3 is 1. The average molecular weight is 414 g/mol. The van der Waals surface area contributed by atoms with Crippen molar-refractivity contribution in [3.63, 3.8) is 0 Å². The van der Waals surface area contributed by atoms with E-state index < -0.39 is 0 Å². The lowest BCUT2D eigenvalue weighted by Gasteiger charge is -2.23. The first-order chi connectivity index (χ1) is 15.2. The second-order valence-electron chi connectivity index (χ2n) is 7.71. The SMILES string of the molecule is COc1ccc(F)cc1-c1ccnc2[nH]c(C3=CCNC(Cc4ccccn4)C3)cc12. The number of nitrogens with one attached hydrogen (secondary N) is 2. The van der Waals surface area contributed by atoms with Crippen LogP contribution in [0.4, 0.5) is 4.39 Å². The highest BCUT2D eigenvalue weighted by molar-refractivity contribution is 5.96. The molecule has 3 aromatic heterocycles. The van der Waals surface area contributed by atoms with Crippen molar-refractivity contribution in [2.45, 2.75) is 18.9 Å². The fraction of sp³-hybridized carbons (Fsp3) is 0.200. The number of halogens is 1. The fourth-order valence-corrected chi connectivity index (χ4v) is 4.23. The van der Waals surface area contributed by atoms with E-state index in [1.165, 1.54) is 17.7 Å². The van der Waals surface area contributed by atoms with Crippen molar-refractivity contribution >= 4 is 16.6 Å². The van der Waals surface area contributed by atoms with Gasteiger partial charge in [-0.1, -0.05) is 12.1 Å². The van der Waals surface area contributed by atoms with Gasteiger partial charge < -0.3 is 15.0 Å². The lowest BCUT2D eigenvalue weighted by Crippen LogP contribution is -2.34. The van der Waals surface area contributed by atoms with Gasteiger partial charge in [0.15, 0.2) is 0 Å². The summed E-state index contributed by atoms with van der Waals surface area (Å²) in [5, 5.41) is 4.50. The number of nitrogens with zero attached hydrogens (tertiary/aromatic N) is 2. The largest absolute Gasteiger partial charge is 0.496 e. The first kappa shape index (κ1) is 19.5. The van der Waals surface area contributed by atoms with Gasteiger partial charge in [0.2, 0.25) is 0 Å². The average Bonchev–Trinajstić information content (AvgIpc) is 3.24. The zero-order valence-electron chi connectivity index (χ0n) is 17.2. The van der Waals surface area contributed by atoms with Crippen molar-refractivity contribution in [1.82, 2.24) is 20.3 Å². The minimum Gasteiger partial charge on any atom is -0.496 e. The molecule has 0 saturated carbocycles. The van der Waals surface area contributed by atoms with Gasteiger partial charge in [-0.3, -0.25) is 4.98 Å². The van der Waals surface area contributed by atoms with E-state index in [2.05, 4.69) is 38.5 Å². The molecule has 2 N–H and O–H groups in total. The molecular formula is C25H23FN4O. The van der Waals surface area contributed by atoms with Crippen LogP contribution in [0.3, 0.4) is 0 Å². The van der Waals surface area contributed by atoms with E-state index >= 15 is 0 Å². The molecule has 0 fully saturated rings. The van der Waals surface area contributed by atoms with Crippen molar-refractivity contribution in [2.75, 3.05) is 13.7 Å². The Morgan fingerprint density at radius 2 is 2.00 bits per heavy atom. The quantitative estimate of drug-likeness (QED) is 0.494. The second kappa shape index (κ2) is 8.32. The molecule has 5 nitrogen and oxygen atoms in total. The molecule has 1 atom stereocenters. The van der Waals surface area contributed by atoms with Crippen molar-refractivity contribution in [3.8, 4) is 16.9 Å². The minimum atomic E-state index is -0.296. The van der Waals surface area contributed by atoms with Gasteiger partial charge in [-0.2, -0.15) is 0 Å². The van der Waals surface area contributed by atoms with Gasteiger partial charge in [0, 0.05) is 53.7 Å². The monoisotopic (exact) mass is 414 g/mol. The minimum absolute atomic E-state index is 0.296. The molecule has 6 heteroatoms. The standard InChI is InChI=1S/C25H23FN4O/c1-31-24-6-5-17(26)13-21(24)20-8-11-29-25-22(20)15-23(30-25)16-7-10-28-19(12-16)14-18-4-2-3-9-27-18/h2-9,11,13,15,19,28H,10,12,14H2,1H3,(H,29,30). The van der Waals surface area contributed by atoms with Gasteiger partial charge in [-0.25, -0.2) is 9.37 Å². The third-order valence-electron chi connectivity index (χ3n) is 5.73. The Bertz CT molecular complexity index is 1250. The van der Waals surface area contributed by atoms with Gasteiger partial charge in [0.25, 0.3) is 0 Å². The molecule has 0 saturated heterocycles. The van der Waals surface area contributed by atoms with Crippen LogP contribution in [0, 0.1) is 5.82 Å². The maximum absolute atomic E-state index is 14.0. The highest BCUT2D eigenvalue weighted by atomic mass is 19.1. The lowest BCUT2D eigenvalue weighted by molar-refractivity contribution is 0.415. The summed E-state index contributed by atoms with van der Waals surface area (Å²) in [4.78, 5) is 12.4.